The normalized spacial score (nSPS) is 32.9. The molecule has 0 aromatic carbocycles. The lowest BCUT2D eigenvalue weighted by atomic mass is 10.00. The molecule has 1 aromatic heterocycles. The van der Waals surface area contributed by atoms with Crippen LogP contribution in [0.4, 0.5) is 0 Å². The topological polar surface area (TPSA) is 36.4 Å². The summed E-state index contributed by atoms with van der Waals surface area (Å²) in [6, 6.07) is 6.84. The first-order valence-electron chi connectivity index (χ1n) is 6.27. The number of halogens is 1. The highest BCUT2D eigenvalue weighted by Crippen LogP contribution is 2.36. The number of aromatic nitrogens is 1. The second kappa shape index (κ2) is 4.56. The first kappa shape index (κ1) is 11.5. The standard InChI is InChI=1S/C13H17ClN2O/c14-13-3-1-2-9(15-13)8-16-10-4-5-11(16)7-12(17)6-10/h1-3,10-12,17H,4-8H2. The zero-order chi connectivity index (χ0) is 11.8. The molecular formula is C13H17ClN2O. The van der Waals surface area contributed by atoms with Crippen molar-refractivity contribution in [2.75, 3.05) is 0 Å². The molecule has 2 atom stereocenters. The first-order valence-corrected chi connectivity index (χ1v) is 6.65. The number of piperidine rings is 1. The molecule has 1 N–H and O–H groups in total. The molecule has 3 nitrogen and oxygen atoms in total. The quantitative estimate of drug-likeness (QED) is 0.820. The highest BCUT2D eigenvalue weighted by Gasteiger charge is 2.39. The van der Waals surface area contributed by atoms with E-state index in [2.05, 4.69) is 9.88 Å². The molecule has 2 unspecified atom stereocenters. The Labute approximate surface area is 106 Å². The summed E-state index contributed by atoms with van der Waals surface area (Å²) in [6.07, 6.45) is 4.15. The third kappa shape index (κ3) is 2.32. The van der Waals surface area contributed by atoms with Gasteiger partial charge < -0.3 is 5.11 Å². The number of nitrogens with zero attached hydrogens (tertiary/aromatic N) is 2. The van der Waals surface area contributed by atoms with Crippen molar-refractivity contribution in [2.45, 2.75) is 50.4 Å². The smallest absolute Gasteiger partial charge is 0.129 e. The Balaban J connectivity index is 1.74. The van der Waals surface area contributed by atoms with Gasteiger partial charge in [-0.3, -0.25) is 4.90 Å². The zero-order valence-corrected chi connectivity index (χ0v) is 10.5. The third-order valence-electron chi connectivity index (χ3n) is 3.98. The molecule has 17 heavy (non-hydrogen) atoms. The molecule has 2 saturated heterocycles. The lowest BCUT2D eigenvalue weighted by Gasteiger charge is -2.36. The molecule has 2 fully saturated rings. The van der Waals surface area contributed by atoms with Crippen LogP contribution in [-0.2, 0) is 6.54 Å². The van der Waals surface area contributed by atoms with E-state index in [4.69, 9.17) is 11.6 Å². The fourth-order valence-electron chi connectivity index (χ4n) is 3.23. The number of fused-ring (bicyclic) bond motifs is 2. The number of aliphatic hydroxyl groups excluding tert-OH is 1. The van der Waals surface area contributed by atoms with Crippen LogP contribution < -0.4 is 0 Å². The van der Waals surface area contributed by atoms with Gasteiger partial charge in [0.05, 0.1) is 11.8 Å². The maximum absolute atomic E-state index is 9.75. The summed E-state index contributed by atoms with van der Waals surface area (Å²) in [7, 11) is 0. The molecule has 3 heterocycles. The van der Waals surface area contributed by atoms with Crippen molar-refractivity contribution in [1.82, 2.24) is 9.88 Å². The van der Waals surface area contributed by atoms with Crippen LogP contribution in [0.1, 0.15) is 31.4 Å². The van der Waals surface area contributed by atoms with Crippen molar-refractivity contribution in [3.63, 3.8) is 0 Å². The van der Waals surface area contributed by atoms with Crippen LogP contribution in [0.3, 0.4) is 0 Å². The van der Waals surface area contributed by atoms with E-state index in [1.165, 1.54) is 12.8 Å². The van der Waals surface area contributed by atoms with Crippen LogP contribution in [0.15, 0.2) is 18.2 Å². The monoisotopic (exact) mass is 252 g/mol. The van der Waals surface area contributed by atoms with Gasteiger partial charge in [-0.1, -0.05) is 17.7 Å². The summed E-state index contributed by atoms with van der Waals surface area (Å²) < 4.78 is 0. The Bertz CT molecular complexity index is 398. The van der Waals surface area contributed by atoms with Crippen LogP contribution in [0, 0.1) is 0 Å². The minimum atomic E-state index is -0.101. The molecule has 2 aliphatic rings. The first-order chi connectivity index (χ1) is 8.22. The van der Waals surface area contributed by atoms with Crippen LogP contribution in [-0.4, -0.2) is 33.2 Å². The maximum Gasteiger partial charge on any atom is 0.129 e. The molecule has 0 saturated carbocycles. The van der Waals surface area contributed by atoms with Gasteiger partial charge in [-0.05, 0) is 37.8 Å². The van der Waals surface area contributed by atoms with Gasteiger partial charge in [-0.15, -0.1) is 0 Å². The number of aliphatic hydroxyl groups is 1. The minimum absolute atomic E-state index is 0.101. The van der Waals surface area contributed by atoms with E-state index in [1.54, 1.807) is 6.07 Å². The molecule has 4 heteroatoms. The van der Waals surface area contributed by atoms with Crippen molar-refractivity contribution in [1.29, 1.82) is 0 Å². The van der Waals surface area contributed by atoms with Crippen molar-refractivity contribution >= 4 is 11.6 Å². The molecule has 2 bridgehead atoms. The van der Waals surface area contributed by atoms with E-state index in [0.29, 0.717) is 17.2 Å². The molecule has 1 aromatic rings. The van der Waals surface area contributed by atoms with Gasteiger partial charge in [0, 0.05) is 18.6 Å². The van der Waals surface area contributed by atoms with E-state index in [0.717, 1.165) is 25.1 Å². The Kier molecular flexibility index (Phi) is 3.07. The van der Waals surface area contributed by atoms with Crippen LogP contribution in [0.5, 0.6) is 0 Å². The van der Waals surface area contributed by atoms with Crippen molar-refractivity contribution < 1.29 is 5.11 Å². The van der Waals surface area contributed by atoms with E-state index in [-0.39, 0.29) is 6.10 Å². The lowest BCUT2D eigenvalue weighted by molar-refractivity contribution is 0.0304. The number of hydrogen-bond acceptors (Lipinski definition) is 3. The lowest BCUT2D eigenvalue weighted by Crippen LogP contribution is -2.44. The average Bonchev–Trinajstić information content (AvgIpc) is 2.54. The number of hydrogen-bond donors (Lipinski definition) is 1. The van der Waals surface area contributed by atoms with Gasteiger partial charge in [0.1, 0.15) is 5.15 Å². The van der Waals surface area contributed by atoms with E-state index < -0.39 is 0 Å². The van der Waals surface area contributed by atoms with E-state index in [1.807, 2.05) is 12.1 Å². The second-order valence-electron chi connectivity index (χ2n) is 5.13. The zero-order valence-electron chi connectivity index (χ0n) is 9.72. The summed E-state index contributed by atoms with van der Waals surface area (Å²) in [4.78, 5) is 6.84. The molecule has 0 aliphatic carbocycles. The summed E-state index contributed by atoms with van der Waals surface area (Å²) in [5.41, 5.74) is 1.03. The molecule has 0 amide bonds. The minimum Gasteiger partial charge on any atom is -0.393 e. The Morgan fingerprint density at radius 3 is 2.65 bits per heavy atom. The third-order valence-corrected chi connectivity index (χ3v) is 4.19. The van der Waals surface area contributed by atoms with Gasteiger partial charge in [0.15, 0.2) is 0 Å². The number of rotatable bonds is 2. The van der Waals surface area contributed by atoms with Crippen LogP contribution >= 0.6 is 11.6 Å². The SMILES string of the molecule is OC1CC2CCC(C1)N2Cc1cccc(Cl)n1. The van der Waals surface area contributed by atoms with Crippen molar-refractivity contribution in [2.24, 2.45) is 0 Å². The van der Waals surface area contributed by atoms with Gasteiger partial charge >= 0.3 is 0 Å². The van der Waals surface area contributed by atoms with E-state index >= 15 is 0 Å². The molecule has 0 spiro atoms. The summed E-state index contributed by atoms with van der Waals surface area (Å²) >= 11 is 5.90. The molecule has 3 rings (SSSR count). The molecule has 92 valence electrons. The predicted molar refractivity (Wildman–Crippen MR) is 66.8 cm³/mol. The van der Waals surface area contributed by atoms with Gasteiger partial charge in [0.2, 0.25) is 0 Å². The van der Waals surface area contributed by atoms with Crippen molar-refractivity contribution in [3.8, 4) is 0 Å². The Hall–Kier alpha value is -0.640. The number of pyridine rings is 1. The fraction of sp³-hybridized carbons (Fsp3) is 0.615. The predicted octanol–water partition coefficient (Wildman–Crippen LogP) is 2.22. The fourth-order valence-corrected chi connectivity index (χ4v) is 3.41. The Morgan fingerprint density at radius 1 is 1.29 bits per heavy atom. The summed E-state index contributed by atoms with van der Waals surface area (Å²) in [5.74, 6) is 0. The van der Waals surface area contributed by atoms with E-state index in [9.17, 15) is 5.11 Å². The molecule has 2 aliphatic heterocycles. The molecular weight excluding hydrogens is 236 g/mol. The highest BCUT2D eigenvalue weighted by molar-refractivity contribution is 6.29. The highest BCUT2D eigenvalue weighted by atomic mass is 35.5. The maximum atomic E-state index is 9.75. The average molecular weight is 253 g/mol. The Morgan fingerprint density at radius 2 is 2.00 bits per heavy atom. The molecule has 0 radical (unpaired) electrons. The van der Waals surface area contributed by atoms with Crippen LogP contribution in [0.25, 0.3) is 0 Å². The van der Waals surface area contributed by atoms with Gasteiger partial charge in [-0.2, -0.15) is 0 Å². The van der Waals surface area contributed by atoms with Gasteiger partial charge in [-0.25, -0.2) is 4.98 Å². The van der Waals surface area contributed by atoms with Gasteiger partial charge in [0.25, 0.3) is 0 Å². The summed E-state index contributed by atoms with van der Waals surface area (Å²) in [6.45, 7) is 0.864. The van der Waals surface area contributed by atoms with Crippen molar-refractivity contribution in [3.05, 3.63) is 29.0 Å². The largest absolute Gasteiger partial charge is 0.393 e. The van der Waals surface area contributed by atoms with Crippen LogP contribution in [0.2, 0.25) is 5.15 Å². The second-order valence-corrected chi connectivity index (χ2v) is 5.52. The summed E-state index contributed by atoms with van der Waals surface area (Å²) in [5, 5.41) is 10.3.